The molecule has 1 rings (SSSR count). The predicted molar refractivity (Wildman–Crippen MR) is 41.0 cm³/mol. The van der Waals surface area contributed by atoms with Gasteiger partial charge in [0.2, 0.25) is 0 Å². The van der Waals surface area contributed by atoms with Gasteiger partial charge in [-0.15, -0.1) is 0 Å². The highest BCUT2D eigenvalue weighted by Crippen LogP contribution is 2.34. The Labute approximate surface area is 81.5 Å². The van der Waals surface area contributed by atoms with Crippen LogP contribution in [-0.4, -0.2) is 0 Å². The molecule has 0 aliphatic rings. The zero-order valence-corrected chi connectivity index (χ0v) is 7.50. The Morgan fingerprint density at radius 2 is 1.53 bits per heavy atom. The summed E-state index contributed by atoms with van der Waals surface area (Å²) in [5.74, 6) is -5.05. The summed E-state index contributed by atoms with van der Waals surface area (Å²) < 4.78 is 74.3. The Balaban J connectivity index is 3.21. The van der Waals surface area contributed by atoms with Gasteiger partial charge in [0.15, 0.2) is 0 Å². The Morgan fingerprint density at radius 3 is 1.87 bits per heavy atom. The second-order valence-electron chi connectivity index (χ2n) is 3.08. The Hall–Kier alpha value is -1.20. The molecule has 1 aromatic rings. The largest absolute Gasteiger partial charge is 0.416 e. The molecule has 0 amide bonds. The van der Waals surface area contributed by atoms with Gasteiger partial charge in [0, 0.05) is 6.92 Å². The van der Waals surface area contributed by atoms with Crippen molar-refractivity contribution in [2.45, 2.75) is 19.0 Å². The number of hydrogen-bond acceptors (Lipinski definition) is 0. The first kappa shape index (κ1) is 11.9. The molecule has 0 N–H and O–H groups in total. The minimum Gasteiger partial charge on any atom is -0.206 e. The number of halogens is 6. The van der Waals surface area contributed by atoms with Gasteiger partial charge < -0.3 is 0 Å². The molecule has 0 heterocycles. The molecule has 0 unspecified atom stereocenters. The van der Waals surface area contributed by atoms with Gasteiger partial charge in [-0.2, -0.15) is 13.2 Å². The first-order chi connectivity index (χ1) is 6.62. The van der Waals surface area contributed by atoms with E-state index in [0.29, 0.717) is 19.1 Å². The lowest BCUT2D eigenvalue weighted by atomic mass is 10.1. The summed E-state index contributed by atoms with van der Waals surface area (Å²) in [6, 6.07) is 0.931. The van der Waals surface area contributed by atoms with E-state index in [1.807, 2.05) is 0 Å². The van der Waals surface area contributed by atoms with Crippen molar-refractivity contribution in [1.29, 1.82) is 0 Å². The molecule has 0 atom stereocenters. The maximum Gasteiger partial charge on any atom is 0.416 e. The zero-order valence-electron chi connectivity index (χ0n) is 7.50. The molecule has 0 saturated heterocycles. The summed E-state index contributed by atoms with van der Waals surface area (Å²) in [4.78, 5) is 0. The first-order valence-electron chi connectivity index (χ1n) is 3.87. The molecule has 0 spiro atoms. The summed E-state index contributed by atoms with van der Waals surface area (Å²) in [6.07, 6.45) is -4.73. The van der Waals surface area contributed by atoms with Crippen molar-refractivity contribution in [2.24, 2.45) is 0 Å². The van der Waals surface area contributed by atoms with Gasteiger partial charge in [-0.25, -0.2) is 13.2 Å². The van der Waals surface area contributed by atoms with Gasteiger partial charge >= 0.3 is 6.18 Å². The standard InChI is InChI=1S/C9H6F6/c1-8(11,12)6-3-2-5(4-7(6)10)9(13,14)15/h2-4H,1H3. The third-order valence-electron chi connectivity index (χ3n) is 1.77. The summed E-state index contributed by atoms with van der Waals surface area (Å²) in [7, 11) is 0. The minimum atomic E-state index is -4.73. The molecule has 0 fully saturated rings. The van der Waals surface area contributed by atoms with Gasteiger partial charge in [-0.3, -0.25) is 0 Å². The first-order valence-corrected chi connectivity index (χ1v) is 3.87. The predicted octanol–water partition coefficient (Wildman–Crippen LogP) is 3.96. The number of hydrogen-bond donors (Lipinski definition) is 0. The Morgan fingerprint density at radius 1 is 1.00 bits per heavy atom. The quantitative estimate of drug-likeness (QED) is 0.638. The van der Waals surface area contributed by atoms with E-state index in [4.69, 9.17) is 0 Å². The summed E-state index contributed by atoms with van der Waals surface area (Å²) in [5.41, 5.74) is -2.33. The van der Waals surface area contributed by atoms with E-state index >= 15 is 0 Å². The highest BCUT2D eigenvalue weighted by Gasteiger charge is 2.34. The lowest BCUT2D eigenvalue weighted by molar-refractivity contribution is -0.137. The van der Waals surface area contributed by atoms with E-state index in [9.17, 15) is 26.3 Å². The molecule has 0 aliphatic carbocycles. The van der Waals surface area contributed by atoms with E-state index in [1.54, 1.807) is 0 Å². The summed E-state index contributed by atoms with van der Waals surface area (Å²) in [6.45, 7) is 0.415. The van der Waals surface area contributed by atoms with Crippen molar-refractivity contribution < 1.29 is 26.3 Å². The van der Waals surface area contributed by atoms with Crippen LogP contribution in [0.4, 0.5) is 26.3 Å². The van der Waals surface area contributed by atoms with Crippen molar-refractivity contribution in [2.75, 3.05) is 0 Å². The van der Waals surface area contributed by atoms with Gasteiger partial charge in [-0.1, -0.05) is 0 Å². The van der Waals surface area contributed by atoms with Crippen molar-refractivity contribution >= 4 is 0 Å². The van der Waals surface area contributed by atoms with E-state index in [1.165, 1.54) is 0 Å². The average molecular weight is 228 g/mol. The Bertz CT molecular complexity index is 360. The lowest BCUT2D eigenvalue weighted by Crippen LogP contribution is -2.12. The van der Waals surface area contributed by atoms with Crippen LogP contribution in [0.1, 0.15) is 18.1 Å². The maximum absolute atomic E-state index is 12.9. The van der Waals surface area contributed by atoms with Gasteiger partial charge in [0.1, 0.15) is 5.82 Å². The Kier molecular flexibility index (Phi) is 2.71. The van der Waals surface area contributed by atoms with Crippen LogP contribution in [0.5, 0.6) is 0 Å². The number of rotatable bonds is 1. The molecule has 15 heavy (non-hydrogen) atoms. The van der Waals surface area contributed by atoms with Crippen LogP contribution in [0.25, 0.3) is 0 Å². The van der Waals surface area contributed by atoms with Crippen LogP contribution >= 0.6 is 0 Å². The molecular formula is C9H6F6. The molecule has 1 aromatic carbocycles. The monoisotopic (exact) mass is 228 g/mol. The van der Waals surface area contributed by atoms with Crippen LogP contribution in [0.2, 0.25) is 0 Å². The average Bonchev–Trinajstić information content (AvgIpc) is 1.99. The highest BCUT2D eigenvalue weighted by molar-refractivity contribution is 5.28. The zero-order chi connectivity index (χ0) is 11.9. The second-order valence-corrected chi connectivity index (χ2v) is 3.08. The molecule has 0 nitrogen and oxygen atoms in total. The molecule has 0 radical (unpaired) electrons. The second kappa shape index (κ2) is 3.43. The topological polar surface area (TPSA) is 0 Å². The molecular weight excluding hydrogens is 222 g/mol. The number of alkyl halides is 5. The van der Waals surface area contributed by atoms with Crippen molar-refractivity contribution in [3.05, 3.63) is 35.1 Å². The summed E-state index contributed by atoms with van der Waals surface area (Å²) in [5, 5.41) is 0. The van der Waals surface area contributed by atoms with E-state index in [0.717, 1.165) is 0 Å². The van der Waals surface area contributed by atoms with E-state index in [2.05, 4.69) is 0 Å². The minimum absolute atomic E-state index is 0.0622. The van der Waals surface area contributed by atoms with Gasteiger partial charge in [0.05, 0.1) is 11.1 Å². The van der Waals surface area contributed by atoms with Crippen LogP contribution < -0.4 is 0 Å². The van der Waals surface area contributed by atoms with Gasteiger partial charge in [0.25, 0.3) is 5.92 Å². The molecule has 6 heteroatoms. The number of benzene rings is 1. The SMILES string of the molecule is CC(F)(F)c1ccc(C(F)(F)F)cc1F. The van der Waals surface area contributed by atoms with Crippen LogP contribution in [0, 0.1) is 5.82 Å². The lowest BCUT2D eigenvalue weighted by Gasteiger charge is -2.13. The molecule has 0 aromatic heterocycles. The normalized spacial score (nSPS) is 13.0. The summed E-state index contributed by atoms with van der Waals surface area (Å²) >= 11 is 0. The third-order valence-corrected chi connectivity index (χ3v) is 1.77. The van der Waals surface area contributed by atoms with E-state index < -0.39 is 29.0 Å². The fourth-order valence-corrected chi connectivity index (χ4v) is 1.05. The van der Waals surface area contributed by atoms with Crippen molar-refractivity contribution in [3.8, 4) is 0 Å². The van der Waals surface area contributed by atoms with Crippen molar-refractivity contribution in [3.63, 3.8) is 0 Å². The van der Waals surface area contributed by atoms with Gasteiger partial charge in [-0.05, 0) is 18.2 Å². The maximum atomic E-state index is 12.9. The molecule has 0 aliphatic heterocycles. The fraction of sp³-hybridized carbons (Fsp3) is 0.333. The highest BCUT2D eigenvalue weighted by atomic mass is 19.4. The molecule has 0 saturated carbocycles. The molecule has 84 valence electrons. The van der Waals surface area contributed by atoms with Crippen LogP contribution in [0.15, 0.2) is 18.2 Å². The third kappa shape index (κ3) is 2.64. The molecule has 0 bridgehead atoms. The van der Waals surface area contributed by atoms with Crippen LogP contribution in [0.3, 0.4) is 0 Å². The smallest absolute Gasteiger partial charge is 0.206 e. The fourth-order valence-electron chi connectivity index (χ4n) is 1.05. The van der Waals surface area contributed by atoms with Crippen molar-refractivity contribution in [1.82, 2.24) is 0 Å². The van der Waals surface area contributed by atoms with E-state index in [-0.39, 0.29) is 6.07 Å². The van der Waals surface area contributed by atoms with Crippen LogP contribution in [-0.2, 0) is 12.1 Å².